The van der Waals surface area contributed by atoms with Crippen molar-refractivity contribution in [3.05, 3.63) is 11.8 Å². The Morgan fingerprint density at radius 1 is 1.45 bits per heavy atom. The van der Waals surface area contributed by atoms with E-state index < -0.39 is 0 Å². The van der Waals surface area contributed by atoms with Crippen molar-refractivity contribution in [2.75, 3.05) is 13.6 Å². The van der Waals surface area contributed by atoms with Crippen LogP contribution in [0.15, 0.2) is 11.8 Å². The normalized spacial score (nSPS) is 28.1. The van der Waals surface area contributed by atoms with Crippen LogP contribution in [0.2, 0.25) is 5.31 Å². The smallest absolute Gasteiger partial charge is 0.117 e. The van der Waals surface area contributed by atoms with Crippen LogP contribution in [0.25, 0.3) is 0 Å². The lowest BCUT2D eigenvalue weighted by molar-refractivity contribution is 0.271. The molecule has 0 aromatic rings. The highest BCUT2D eigenvalue weighted by atomic mass is 15.1. The average molecular weight is 271 g/mol. The quantitative estimate of drug-likeness (QED) is 0.481. The van der Waals surface area contributed by atoms with Crippen molar-refractivity contribution >= 4 is 13.6 Å². The van der Waals surface area contributed by atoms with Gasteiger partial charge in [-0.15, -0.1) is 0 Å². The summed E-state index contributed by atoms with van der Waals surface area (Å²) in [5.74, 6) is 0.589. The summed E-state index contributed by atoms with van der Waals surface area (Å²) in [6.45, 7) is 4.72. The zero-order valence-electron chi connectivity index (χ0n) is 13.1. The van der Waals surface area contributed by atoms with E-state index in [2.05, 4.69) is 13.0 Å². The summed E-state index contributed by atoms with van der Waals surface area (Å²) < 4.78 is 0. The van der Waals surface area contributed by atoms with E-state index in [0.29, 0.717) is 17.3 Å². The van der Waals surface area contributed by atoms with Crippen LogP contribution in [0.5, 0.6) is 0 Å². The van der Waals surface area contributed by atoms with Gasteiger partial charge in [0.05, 0.1) is 7.85 Å². The van der Waals surface area contributed by atoms with Gasteiger partial charge in [-0.3, -0.25) is 0 Å². The molecule has 0 aliphatic heterocycles. The van der Waals surface area contributed by atoms with Crippen LogP contribution in [-0.4, -0.2) is 32.1 Å². The van der Waals surface area contributed by atoms with Crippen molar-refractivity contribution in [2.45, 2.75) is 57.7 Å². The first-order valence-electron chi connectivity index (χ1n) is 7.51. The van der Waals surface area contributed by atoms with Gasteiger partial charge in [0.2, 0.25) is 0 Å². The highest BCUT2D eigenvalue weighted by Gasteiger charge is 2.23. The van der Waals surface area contributed by atoms with E-state index in [9.17, 15) is 5.26 Å². The molecule has 0 amide bonds. The topological polar surface area (TPSA) is 50.9 Å². The van der Waals surface area contributed by atoms with Crippen molar-refractivity contribution < 1.29 is 0 Å². The lowest BCUT2D eigenvalue weighted by Gasteiger charge is -2.32. The van der Waals surface area contributed by atoms with E-state index >= 15 is 0 Å². The molecule has 1 aliphatic rings. The Hall–Kier alpha value is -1.24. The number of nitrogens with one attached hydrogen (secondary N) is 1. The summed E-state index contributed by atoms with van der Waals surface area (Å²) in [4.78, 5) is 1.98. The van der Waals surface area contributed by atoms with Crippen LogP contribution in [0.3, 0.4) is 0 Å². The number of allylic oxidation sites excluding steroid dienone is 2. The molecule has 3 nitrogen and oxygen atoms in total. The number of nitriles is 1. The first kappa shape index (κ1) is 16.8. The second-order valence-electron chi connectivity index (χ2n) is 6.51. The monoisotopic (exact) mass is 271 g/mol. The van der Waals surface area contributed by atoms with E-state index in [4.69, 9.17) is 13.3 Å². The van der Waals surface area contributed by atoms with Gasteiger partial charge < -0.3 is 10.3 Å². The molecular weight excluding hydrogens is 245 g/mol. The Balaban J connectivity index is 2.62. The van der Waals surface area contributed by atoms with Gasteiger partial charge in [-0.1, -0.05) is 37.9 Å². The minimum absolute atomic E-state index is 0.0311. The van der Waals surface area contributed by atoms with Gasteiger partial charge in [0.1, 0.15) is 11.8 Å². The van der Waals surface area contributed by atoms with E-state index in [1.165, 1.54) is 19.3 Å². The molecule has 0 aromatic carbocycles. The Morgan fingerprint density at radius 3 is 2.75 bits per heavy atom. The molecular formula is C16H26BN3. The number of hydrogen-bond acceptors (Lipinski definition) is 3. The van der Waals surface area contributed by atoms with E-state index in [1.54, 1.807) is 13.0 Å². The molecule has 108 valence electrons. The van der Waals surface area contributed by atoms with Crippen molar-refractivity contribution in [1.82, 2.24) is 4.90 Å². The van der Waals surface area contributed by atoms with Gasteiger partial charge in [-0.05, 0) is 31.8 Å². The van der Waals surface area contributed by atoms with Crippen LogP contribution >= 0.6 is 0 Å². The van der Waals surface area contributed by atoms with Crippen molar-refractivity contribution in [3.8, 4) is 6.07 Å². The Kier molecular flexibility index (Phi) is 6.32. The summed E-state index contributed by atoms with van der Waals surface area (Å²) >= 11 is 0. The molecule has 1 aliphatic carbocycles. The fourth-order valence-electron chi connectivity index (χ4n) is 2.87. The Morgan fingerprint density at radius 2 is 2.15 bits per heavy atom. The fourth-order valence-corrected chi connectivity index (χ4v) is 2.87. The molecule has 2 radical (unpaired) electrons. The highest BCUT2D eigenvalue weighted by molar-refractivity contribution is 6.14. The van der Waals surface area contributed by atoms with Gasteiger partial charge in [-0.25, -0.2) is 0 Å². The fraction of sp³-hybridized carbons (Fsp3) is 0.750. The molecule has 1 rings (SSSR count). The van der Waals surface area contributed by atoms with Crippen LogP contribution in [-0.2, 0) is 0 Å². The highest BCUT2D eigenvalue weighted by Crippen LogP contribution is 2.38. The molecule has 2 atom stereocenters. The first-order valence-corrected chi connectivity index (χ1v) is 7.51. The van der Waals surface area contributed by atoms with Crippen LogP contribution in [0, 0.1) is 22.7 Å². The maximum Gasteiger partial charge on any atom is 0.117 e. The second kappa shape index (κ2) is 7.52. The first-order chi connectivity index (χ1) is 9.34. The van der Waals surface area contributed by atoms with Crippen LogP contribution in [0.1, 0.15) is 52.4 Å². The van der Waals surface area contributed by atoms with Crippen molar-refractivity contribution in [2.24, 2.45) is 5.92 Å². The molecule has 1 fully saturated rings. The van der Waals surface area contributed by atoms with Crippen molar-refractivity contribution in [1.29, 1.82) is 10.7 Å². The molecule has 1 N–H and O–H groups in total. The molecule has 0 spiro atoms. The van der Waals surface area contributed by atoms with Gasteiger partial charge in [-0.2, -0.15) is 5.26 Å². The number of nitrogens with zero attached hydrogens (tertiary/aromatic N) is 2. The maximum absolute atomic E-state index is 9.18. The summed E-state index contributed by atoms with van der Waals surface area (Å²) in [5.41, 5.74) is 0.996. The van der Waals surface area contributed by atoms with Crippen LogP contribution < -0.4 is 0 Å². The third-order valence-corrected chi connectivity index (χ3v) is 4.15. The standard InChI is InChI=1S/C16H26BN3/c1-13(19)10-15(11-18)20(3)12-14-6-4-5-8-16(2,17)9-7-14/h10,14,19H,4-9,12H2,1-3H3/b15-10-,19-13?. The molecule has 20 heavy (non-hydrogen) atoms. The summed E-state index contributed by atoms with van der Waals surface area (Å²) in [6, 6.07) is 2.19. The zero-order valence-corrected chi connectivity index (χ0v) is 13.1. The third-order valence-electron chi connectivity index (χ3n) is 4.15. The second-order valence-corrected chi connectivity index (χ2v) is 6.51. The lowest BCUT2D eigenvalue weighted by Crippen LogP contribution is -2.27. The molecule has 0 heterocycles. The molecule has 0 bridgehead atoms. The van der Waals surface area contributed by atoms with Gasteiger partial charge in [0.15, 0.2) is 0 Å². The van der Waals surface area contributed by atoms with Crippen LogP contribution in [0.4, 0.5) is 0 Å². The third kappa shape index (κ3) is 5.82. The predicted octanol–water partition coefficient (Wildman–Crippen LogP) is 3.68. The van der Waals surface area contributed by atoms with Gasteiger partial charge in [0, 0.05) is 19.3 Å². The van der Waals surface area contributed by atoms with E-state index in [1.807, 2.05) is 11.9 Å². The molecule has 0 saturated heterocycles. The zero-order chi connectivity index (χ0) is 15.2. The summed E-state index contributed by atoms with van der Waals surface area (Å²) in [7, 11) is 8.23. The van der Waals surface area contributed by atoms with Gasteiger partial charge >= 0.3 is 0 Å². The molecule has 4 heteroatoms. The number of rotatable bonds is 4. The average Bonchev–Trinajstić information content (AvgIpc) is 2.35. The Bertz CT molecular complexity index is 406. The predicted molar refractivity (Wildman–Crippen MR) is 85.0 cm³/mol. The minimum Gasteiger partial charge on any atom is -0.366 e. The molecule has 0 aromatic heterocycles. The summed E-state index contributed by atoms with van der Waals surface area (Å²) in [5, 5.41) is 16.6. The van der Waals surface area contributed by atoms with Gasteiger partial charge in [0.25, 0.3) is 0 Å². The van der Waals surface area contributed by atoms with E-state index in [-0.39, 0.29) is 5.31 Å². The maximum atomic E-state index is 9.18. The molecule has 2 unspecified atom stereocenters. The SMILES string of the molecule is [B]C1(C)CCCCC(CN(C)/C(C#N)=C\C(C)=N)CC1. The lowest BCUT2D eigenvalue weighted by atomic mass is 9.62. The Labute approximate surface area is 125 Å². The molecule has 1 saturated carbocycles. The van der Waals surface area contributed by atoms with Crippen molar-refractivity contribution in [3.63, 3.8) is 0 Å². The minimum atomic E-state index is -0.0311. The summed E-state index contributed by atoms with van der Waals surface area (Å²) in [6.07, 6.45) is 8.57. The van der Waals surface area contributed by atoms with E-state index in [0.717, 1.165) is 25.8 Å². The number of hydrogen-bond donors (Lipinski definition) is 1. The largest absolute Gasteiger partial charge is 0.366 e.